The highest BCUT2D eigenvalue weighted by Gasteiger charge is 1.97. The Labute approximate surface area is 78.5 Å². The van der Waals surface area contributed by atoms with Gasteiger partial charge in [0.05, 0.1) is 0 Å². The summed E-state index contributed by atoms with van der Waals surface area (Å²) in [5.41, 5.74) is 8.04. The lowest BCUT2D eigenvalue weighted by atomic mass is 10.0. The summed E-state index contributed by atoms with van der Waals surface area (Å²) in [5, 5.41) is 0.809. The average molecular weight is 184 g/mol. The Morgan fingerprint density at radius 3 is 2.75 bits per heavy atom. The van der Waals surface area contributed by atoms with Crippen molar-refractivity contribution in [1.29, 1.82) is 0 Å². The first-order valence-corrected chi connectivity index (χ1v) is 4.57. The normalized spacial score (nSPS) is 10.2. The molecule has 0 spiro atoms. The zero-order chi connectivity index (χ0) is 8.97. The summed E-state index contributed by atoms with van der Waals surface area (Å²) < 4.78 is 0. The molecule has 0 radical (unpaired) electrons. The van der Waals surface area contributed by atoms with Crippen LogP contribution in [-0.4, -0.2) is 6.54 Å². The third-order valence-electron chi connectivity index (χ3n) is 1.95. The molecule has 1 aromatic rings. The van der Waals surface area contributed by atoms with E-state index in [1.807, 2.05) is 12.1 Å². The van der Waals surface area contributed by atoms with Crippen LogP contribution in [0.3, 0.4) is 0 Å². The smallest absolute Gasteiger partial charge is 0.0408 e. The van der Waals surface area contributed by atoms with E-state index in [-0.39, 0.29) is 0 Å². The molecule has 0 aliphatic heterocycles. The number of hydrogen-bond acceptors (Lipinski definition) is 1. The van der Waals surface area contributed by atoms with Crippen LogP contribution in [0.1, 0.15) is 17.5 Å². The highest BCUT2D eigenvalue weighted by molar-refractivity contribution is 6.30. The van der Waals surface area contributed by atoms with Gasteiger partial charge in [-0.15, -0.1) is 0 Å². The molecule has 2 heteroatoms. The SMILES string of the molecule is Cc1cc(Cl)ccc1CCCN. The van der Waals surface area contributed by atoms with Crippen molar-refractivity contribution in [3.8, 4) is 0 Å². The Kier molecular flexibility index (Phi) is 3.57. The van der Waals surface area contributed by atoms with Crippen LogP contribution in [0.25, 0.3) is 0 Å². The second-order valence-electron chi connectivity index (χ2n) is 2.96. The van der Waals surface area contributed by atoms with Gasteiger partial charge in [-0.25, -0.2) is 0 Å². The van der Waals surface area contributed by atoms with Crippen LogP contribution < -0.4 is 5.73 Å². The van der Waals surface area contributed by atoms with Crippen molar-refractivity contribution in [2.24, 2.45) is 5.73 Å². The molecular weight excluding hydrogens is 170 g/mol. The maximum absolute atomic E-state index is 5.83. The van der Waals surface area contributed by atoms with E-state index < -0.39 is 0 Å². The third kappa shape index (κ3) is 2.50. The van der Waals surface area contributed by atoms with E-state index in [0.29, 0.717) is 0 Å². The first-order valence-electron chi connectivity index (χ1n) is 4.19. The van der Waals surface area contributed by atoms with Crippen LogP contribution in [0.5, 0.6) is 0 Å². The average Bonchev–Trinajstić information content (AvgIpc) is 2.03. The van der Waals surface area contributed by atoms with E-state index in [9.17, 15) is 0 Å². The van der Waals surface area contributed by atoms with Crippen LogP contribution in [0.2, 0.25) is 5.02 Å². The molecule has 0 amide bonds. The van der Waals surface area contributed by atoms with Crippen LogP contribution in [0.15, 0.2) is 18.2 Å². The van der Waals surface area contributed by atoms with Crippen molar-refractivity contribution in [2.45, 2.75) is 19.8 Å². The van der Waals surface area contributed by atoms with Crippen LogP contribution in [-0.2, 0) is 6.42 Å². The summed E-state index contributed by atoms with van der Waals surface area (Å²) in [6, 6.07) is 6.00. The van der Waals surface area contributed by atoms with Gasteiger partial charge in [0.25, 0.3) is 0 Å². The van der Waals surface area contributed by atoms with Gasteiger partial charge in [-0.2, -0.15) is 0 Å². The molecule has 12 heavy (non-hydrogen) atoms. The van der Waals surface area contributed by atoms with Crippen molar-refractivity contribution in [3.05, 3.63) is 34.3 Å². The van der Waals surface area contributed by atoms with Gasteiger partial charge in [0, 0.05) is 5.02 Å². The second kappa shape index (κ2) is 4.48. The topological polar surface area (TPSA) is 26.0 Å². The predicted molar refractivity (Wildman–Crippen MR) is 53.6 cm³/mol. The van der Waals surface area contributed by atoms with E-state index >= 15 is 0 Å². The molecule has 0 saturated heterocycles. The maximum Gasteiger partial charge on any atom is 0.0408 e. The Hall–Kier alpha value is -0.530. The fourth-order valence-electron chi connectivity index (χ4n) is 1.23. The maximum atomic E-state index is 5.83. The molecule has 0 bridgehead atoms. The first kappa shape index (κ1) is 9.56. The van der Waals surface area contributed by atoms with E-state index in [2.05, 4.69) is 13.0 Å². The number of benzene rings is 1. The standard InChI is InChI=1S/C10H14ClN/c1-8-7-10(11)5-4-9(8)3-2-6-12/h4-5,7H,2-3,6,12H2,1H3. The molecule has 0 saturated carbocycles. The van der Waals surface area contributed by atoms with E-state index in [1.165, 1.54) is 11.1 Å². The fourth-order valence-corrected chi connectivity index (χ4v) is 1.46. The summed E-state index contributed by atoms with van der Waals surface area (Å²) >= 11 is 5.83. The van der Waals surface area contributed by atoms with Gasteiger partial charge in [-0.3, -0.25) is 0 Å². The van der Waals surface area contributed by atoms with Gasteiger partial charge in [0.2, 0.25) is 0 Å². The van der Waals surface area contributed by atoms with Crippen molar-refractivity contribution < 1.29 is 0 Å². The third-order valence-corrected chi connectivity index (χ3v) is 2.19. The Morgan fingerprint density at radius 2 is 2.17 bits per heavy atom. The van der Waals surface area contributed by atoms with Gasteiger partial charge in [-0.1, -0.05) is 17.7 Å². The lowest BCUT2D eigenvalue weighted by Gasteiger charge is -2.04. The van der Waals surface area contributed by atoms with Crippen LogP contribution in [0, 0.1) is 6.92 Å². The summed E-state index contributed by atoms with van der Waals surface area (Å²) in [6.45, 7) is 2.83. The molecule has 0 aliphatic carbocycles. The van der Waals surface area contributed by atoms with Crippen molar-refractivity contribution in [3.63, 3.8) is 0 Å². The summed E-state index contributed by atoms with van der Waals surface area (Å²) in [4.78, 5) is 0. The lowest BCUT2D eigenvalue weighted by molar-refractivity contribution is 0.828. The minimum absolute atomic E-state index is 0.752. The quantitative estimate of drug-likeness (QED) is 0.766. The molecule has 0 aliphatic rings. The van der Waals surface area contributed by atoms with Crippen molar-refractivity contribution in [2.75, 3.05) is 6.54 Å². The number of halogens is 1. The number of hydrogen-bond donors (Lipinski definition) is 1. The van der Waals surface area contributed by atoms with Gasteiger partial charge in [0.15, 0.2) is 0 Å². The van der Waals surface area contributed by atoms with Gasteiger partial charge >= 0.3 is 0 Å². The lowest BCUT2D eigenvalue weighted by Crippen LogP contribution is -2.01. The van der Waals surface area contributed by atoms with Crippen LogP contribution >= 0.6 is 11.6 Å². The van der Waals surface area contributed by atoms with E-state index in [0.717, 1.165) is 24.4 Å². The Bertz CT molecular complexity index is 258. The molecule has 0 fully saturated rings. The summed E-state index contributed by atoms with van der Waals surface area (Å²) in [6.07, 6.45) is 2.10. The molecule has 1 rings (SSSR count). The molecule has 0 unspecified atom stereocenters. The second-order valence-corrected chi connectivity index (χ2v) is 3.40. The largest absolute Gasteiger partial charge is 0.330 e. The minimum Gasteiger partial charge on any atom is -0.330 e. The highest BCUT2D eigenvalue weighted by atomic mass is 35.5. The monoisotopic (exact) mass is 183 g/mol. The first-order chi connectivity index (χ1) is 5.74. The molecule has 2 N–H and O–H groups in total. The van der Waals surface area contributed by atoms with Crippen molar-refractivity contribution in [1.82, 2.24) is 0 Å². The number of aryl methyl sites for hydroxylation is 2. The molecular formula is C10H14ClN. The van der Waals surface area contributed by atoms with Crippen molar-refractivity contribution >= 4 is 11.6 Å². The summed E-state index contributed by atoms with van der Waals surface area (Å²) in [5.74, 6) is 0. The van der Waals surface area contributed by atoms with Gasteiger partial charge < -0.3 is 5.73 Å². The molecule has 0 atom stereocenters. The van der Waals surface area contributed by atoms with E-state index in [1.54, 1.807) is 0 Å². The van der Waals surface area contributed by atoms with Crippen LogP contribution in [0.4, 0.5) is 0 Å². The zero-order valence-electron chi connectivity index (χ0n) is 7.31. The predicted octanol–water partition coefficient (Wildman–Crippen LogP) is 2.54. The molecule has 1 nitrogen and oxygen atoms in total. The minimum atomic E-state index is 0.752. The molecule has 0 aromatic heterocycles. The summed E-state index contributed by atoms with van der Waals surface area (Å²) in [7, 11) is 0. The Morgan fingerprint density at radius 1 is 1.42 bits per heavy atom. The number of nitrogens with two attached hydrogens (primary N) is 1. The molecule has 66 valence electrons. The van der Waals surface area contributed by atoms with Gasteiger partial charge in [-0.05, 0) is 49.6 Å². The number of rotatable bonds is 3. The molecule has 1 aromatic carbocycles. The zero-order valence-corrected chi connectivity index (χ0v) is 8.06. The molecule has 0 heterocycles. The Balaban J connectivity index is 2.72. The van der Waals surface area contributed by atoms with E-state index in [4.69, 9.17) is 17.3 Å². The fraction of sp³-hybridized carbons (Fsp3) is 0.400. The van der Waals surface area contributed by atoms with Gasteiger partial charge in [0.1, 0.15) is 0 Å². The highest BCUT2D eigenvalue weighted by Crippen LogP contribution is 2.16.